The van der Waals surface area contributed by atoms with E-state index in [1.807, 2.05) is 0 Å². The van der Waals surface area contributed by atoms with Crippen LogP contribution in [-0.4, -0.2) is 35.0 Å². The first-order valence-corrected chi connectivity index (χ1v) is 8.04. The van der Waals surface area contributed by atoms with E-state index in [4.69, 9.17) is 4.74 Å². The van der Waals surface area contributed by atoms with Crippen LogP contribution in [0, 0.1) is 5.82 Å². The van der Waals surface area contributed by atoms with Gasteiger partial charge in [0.15, 0.2) is 0 Å². The normalized spacial score (nSPS) is 17.4. The summed E-state index contributed by atoms with van der Waals surface area (Å²) < 4.78 is 57.3. The molecule has 1 aromatic carbocycles. The number of carbonyl (C=O) groups is 1. The molecule has 3 rings (SSSR count). The number of benzene rings is 1. The van der Waals surface area contributed by atoms with Crippen molar-refractivity contribution in [1.82, 2.24) is 9.88 Å². The molecule has 0 radical (unpaired) electrons. The number of rotatable bonds is 4. The van der Waals surface area contributed by atoms with E-state index in [-0.39, 0.29) is 24.8 Å². The number of nitrogens with zero attached hydrogens (tertiary/aromatic N) is 2. The van der Waals surface area contributed by atoms with E-state index in [1.165, 1.54) is 11.0 Å². The highest BCUT2D eigenvalue weighted by Gasteiger charge is 2.32. The summed E-state index contributed by atoms with van der Waals surface area (Å²) in [6, 6.07) is 7.74. The van der Waals surface area contributed by atoms with E-state index in [0.717, 1.165) is 18.3 Å². The molecule has 1 unspecified atom stereocenters. The van der Waals surface area contributed by atoms with Crippen LogP contribution in [0.25, 0.3) is 0 Å². The maximum Gasteiger partial charge on any atom is 0.416 e. The number of hydrogen-bond acceptors (Lipinski definition) is 3. The smallest absolute Gasteiger partial charge is 0.416 e. The standard InChI is InChI=1S/C18H16F4N2O2/c19-15-4-2-1-3-12(15)9-17(25)24-8-6-14(11-24)26-16-10-13(5-7-23-16)18(20,21)22/h1-5,7,10,14H,6,8-9,11H2. The van der Waals surface area contributed by atoms with E-state index in [0.29, 0.717) is 18.5 Å². The first-order chi connectivity index (χ1) is 12.3. The van der Waals surface area contributed by atoms with Gasteiger partial charge in [-0.2, -0.15) is 13.2 Å². The van der Waals surface area contributed by atoms with Gasteiger partial charge in [-0.25, -0.2) is 9.37 Å². The molecule has 1 aliphatic heterocycles. The number of aromatic nitrogens is 1. The van der Waals surface area contributed by atoms with Crippen LogP contribution < -0.4 is 4.74 Å². The summed E-state index contributed by atoms with van der Waals surface area (Å²) in [7, 11) is 0. The highest BCUT2D eigenvalue weighted by Crippen LogP contribution is 2.31. The van der Waals surface area contributed by atoms with Crippen LogP contribution in [0.1, 0.15) is 17.5 Å². The van der Waals surface area contributed by atoms with Crippen molar-refractivity contribution in [3.05, 3.63) is 59.5 Å². The molecule has 0 bridgehead atoms. The zero-order chi connectivity index (χ0) is 18.7. The molecule has 0 aliphatic carbocycles. The molecule has 138 valence electrons. The second-order valence-corrected chi connectivity index (χ2v) is 6.02. The van der Waals surface area contributed by atoms with Crippen molar-refractivity contribution in [3.8, 4) is 5.88 Å². The Labute approximate surface area is 147 Å². The van der Waals surface area contributed by atoms with Gasteiger partial charge in [-0.1, -0.05) is 18.2 Å². The third-order valence-corrected chi connectivity index (χ3v) is 4.15. The van der Waals surface area contributed by atoms with Gasteiger partial charge in [-0.05, 0) is 17.7 Å². The first-order valence-electron chi connectivity index (χ1n) is 8.04. The molecule has 1 aromatic heterocycles. The average Bonchev–Trinajstić information content (AvgIpc) is 3.05. The van der Waals surface area contributed by atoms with Gasteiger partial charge in [0.25, 0.3) is 0 Å². The van der Waals surface area contributed by atoms with E-state index in [2.05, 4.69) is 4.98 Å². The lowest BCUT2D eigenvalue weighted by Gasteiger charge is -2.17. The molecule has 0 spiro atoms. The summed E-state index contributed by atoms with van der Waals surface area (Å²) in [6.07, 6.45) is -3.48. The third kappa shape index (κ3) is 4.30. The lowest BCUT2D eigenvalue weighted by Crippen LogP contribution is -2.32. The Balaban J connectivity index is 1.59. The number of hydrogen-bond donors (Lipinski definition) is 0. The number of ether oxygens (including phenoxy) is 1. The first kappa shape index (κ1) is 18.2. The summed E-state index contributed by atoms with van der Waals surface area (Å²) in [4.78, 5) is 17.6. The number of amides is 1. The van der Waals surface area contributed by atoms with E-state index < -0.39 is 23.7 Å². The Morgan fingerprint density at radius 3 is 2.77 bits per heavy atom. The van der Waals surface area contributed by atoms with Crippen LogP contribution in [0.5, 0.6) is 5.88 Å². The molecule has 26 heavy (non-hydrogen) atoms. The predicted octanol–water partition coefficient (Wildman–Crippen LogP) is 3.46. The van der Waals surface area contributed by atoms with E-state index in [1.54, 1.807) is 18.2 Å². The van der Waals surface area contributed by atoms with Gasteiger partial charge in [0.2, 0.25) is 11.8 Å². The molecule has 2 aromatic rings. The molecule has 1 atom stereocenters. The number of halogens is 4. The quantitative estimate of drug-likeness (QED) is 0.777. The molecule has 4 nitrogen and oxygen atoms in total. The van der Waals surface area contributed by atoms with Crippen LogP contribution in [0.3, 0.4) is 0 Å². The molecule has 1 amide bonds. The van der Waals surface area contributed by atoms with Crippen LogP contribution in [0.15, 0.2) is 42.6 Å². The molecule has 1 fully saturated rings. The van der Waals surface area contributed by atoms with Gasteiger partial charge in [0, 0.05) is 25.2 Å². The summed E-state index contributed by atoms with van der Waals surface area (Å²) >= 11 is 0. The summed E-state index contributed by atoms with van der Waals surface area (Å²) in [6.45, 7) is 0.627. The Morgan fingerprint density at radius 2 is 2.04 bits per heavy atom. The SMILES string of the molecule is O=C(Cc1ccccc1F)N1CCC(Oc2cc(C(F)(F)F)ccn2)C1. The van der Waals surface area contributed by atoms with Crippen molar-refractivity contribution in [2.75, 3.05) is 13.1 Å². The lowest BCUT2D eigenvalue weighted by molar-refractivity contribution is -0.137. The highest BCUT2D eigenvalue weighted by molar-refractivity contribution is 5.79. The van der Waals surface area contributed by atoms with Crippen molar-refractivity contribution in [2.45, 2.75) is 25.1 Å². The van der Waals surface area contributed by atoms with Crippen molar-refractivity contribution < 1.29 is 27.1 Å². The average molecular weight is 368 g/mol. The van der Waals surface area contributed by atoms with E-state index in [9.17, 15) is 22.4 Å². The third-order valence-electron chi connectivity index (χ3n) is 4.15. The van der Waals surface area contributed by atoms with Gasteiger partial charge in [-0.15, -0.1) is 0 Å². The molecular weight excluding hydrogens is 352 g/mol. The fraction of sp³-hybridized carbons (Fsp3) is 0.333. The highest BCUT2D eigenvalue weighted by atomic mass is 19.4. The maximum atomic E-state index is 13.6. The molecule has 0 N–H and O–H groups in total. The zero-order valence-electron chi connectivity index (χ0n) is 13.7. The maximum absolute atomic E-state index is 13.6. The van der Waals surface area contributed by atoms with Gasteiger partial charge in [0.1, 0.15) is 11.9 Å². The Hall–Kier alpha value is -2.64. The number of alkyl halides is 3. The fourth-order valence-electron chi connectivity index (χ4n) is 2.79. The summed E-state index contributed by atoms with van der Waals surface area (Å²) in [5.74, 6) is -0.826. The monoisotopic (exact) mass is 368 g/mol. The second kappa shape index (κ2) is 7.31. The fourth-order valence-corrected chi connectivity index (χ4v) is 2.79. The molecule has 0 saturated carbocycles. The Bertz CT molecular complexity index is 795. The van der Waals surface area contributed by atoms with Crippen molar-refractivity contribution in [3.63, 3.8) is 0 Å². The van der Waals surface area contributed by atoms with Crippen LogP contribution in [0.4, 0.5) is 17.6 Å². The largest absolute Gasteiger partial charge is 0.472 e. The molecule has 1 saturated heterocycles. The molecule has 2 heterocycles. The number of pyridine rings is 1. The van der Waals surface area contributed by atoms with Crippen LogP contribution in [0.2, 0.25) is 0 Å². The number of carbonyl (C=O) groups excluding carboxylic acids is 1. The van der Waals surface area contributed by atoms with Crippen LogP contribution >= 0.6 is 0 Å². The molecule has 1 aliphatic rings. The molecular formula is C18H16F4N2O2. The van der Waals surface area contributed by atoms with Crippen LogP contribution in [-0.2, 0) is 17.4 Å². The van der Waals surface area contributed by atoms with E-state index >= 15 is 0 Å². The van der Waals surface area contributed by atoms with Gasteiger partial charge in [0.05, 0.1) is 18.5 Å². The lowest BCUT2D eigenvalue weighted by atomic mass is 10.1. The van der Waals surface area contributed by atoms with Crippen molar-refractivity contribution >= 4 is 5.91 Å². The topological polar surface area (TPSA) is 42.4 Å². The Morgan fingerprint density at radius 1 is 1.27 bits per heavy atom. The Kier molecular flexibility index (Phi) is 5.11. The van der Waals surface area contributed by atoms with Gasteiger partial charge >= 0.3 is 6.18 Å². The van der Waals surface area contributed by atoms with Crippen molar-refractivity contribution in [2.24, 2.45) is 0 Å². The number of likely N-dealkylation sites (tertiary alicyclic amines) is 1. The van der Waals surface area contributed by atoms with Crippen molar-refractivity contribution in [1.29, 1.82) is 0 Å². The summed E-state index contributed by atoms with van der Waals surface area (Å²) in [5, 5.41) is 0. The second-order valence-electron chi connectivity index (χ2n) is 6.02. The zero-order valence-corrected chi connectivity index (χ0v) is 13.7. The minimum Gasteiger partial charge on any atom is -0.472 e. The predicted molar refractivity (Wildman–Crippen MR) is 85.0 cm³/mol. The van der Waals surface area contributed by atoms with Gasteiger partial charge < -0.3 is 9.64 Å². The minimum atomic E-state index is -4.47. The van der Waals surface area contributed by atoms with Gasteiger partial charge in [-0.3, -0.25) is 4.79 Å². The summed E-state index contributed by atoms with van der Waals surface area (Å²) in [5.41, 5.74) is -0.533. The minimum absolute atomic E-state index is 0.0683. The molecule has 8 heteroatoms.